The van der Waals surface area contributed by atoms with E-state index in [-0.39, 0.29) is 5.78 Å². The van der Waals surface area contributed by atoms with Crippen molar-refractivity contribution in [3.05, 3.63) is 72.2 Å². The maximum Gasteiger partial charge on any atom is 0.182 e. The summed E-state index contributed by atoms with van der Waals surface area (Å²) in [6.45, 7) is 0. The fourth-order valence-electron chi connectivity index (χ4n) is 1.37. The van der Waals surface area contributed by atoms with Gasteiger partial charge in [-0.1, -0.05) is 54.6 Å². The molecule has 1 aromatic rings. The third-order valence-corrected chi connectivity index (χ3v) is 2.17. The standard InChI is InChI=1S/C14H11O/c15-14(13-8-4-5-9-13)11-10-12-6-2-1-3-7-12/h1-11H/b11-10+. The highest BCUT2D eigenvalue weighted by Crippen LogP contribution is 2.11. The summed E-state index contributed by atoms with van der Waals surface area (Å²) in [6, 6.07) is 9.79. The van der Waals surface area contributed by atoms with Crippen LogP contribution >= 0.6 is 0 Å². The summed E-state index contributed by atoms with van der Waals surface area (Å²) >= 11 is 0. The molecule has 1 aromatic carbocycles. The molecule has 0 spiro atoms. The lowest BCUT2D eigenvalue weighted by molar-refractivity contribution is -0.111. The molecule has 0 heterocycles. The Morgan fingerprint density at radius 1 is 1.07 bits per heavy atom. The van der Waals surface area contributed by atoms with E-state index in [1.54, 1.807) is 6.08 Å². The first-order valence-electron chi connectivity index (χ1n) is 4.85. The first-order chi connectivity index (χ1) is 7.36. The van der Waals surface area contributed by atoms with Gasteiger partial charge in [0.25, 0.3) is 0 Å². The Bertz CT molecular complexity index is 436. The molecule has 0 saturated carbocycles. The Morgan fingerprint density at radius 3 is 2.53 bits per heavy atom. The summed E-state index contributed by atoms with van der Waals surface area (Å²) < 4.78 is 0. The molecule has 0 fully saturated rings. The second-order valence-corrected chi connectivity index (χ2v) is 3.28. The van der Waals surface area contributed by atoms with Crippen LogP contribution in [-0.4, -0.2) is 5.78 Å². The van der Waals surface area contributed by atoms with Gasteiger partial charge in [0, 0.05) is 12.0 Å². The quantitative estimate of drug-likeness (QED) is 0.678. The minimum Gasteiger partial charge on any atom is -0.290 e. The summed E-state index contributed by atoms with van der Waals surface area (Å²) in [5, 5.41) is 0. The SMILES string of the molecule is O=C(/C=C/c1ccccc1)C1=CC=C[CH]1. The van der Waals surface area contributed by atoms with Crippen molar-refractivity contribution in [2.45, 2.75) is 0 Å². The van der Waals surface area contributed by atoms with Gasteiger partial charge >= 0.3 is 0 Å². The average molecular weight is 195 g/mol. The molecular formula is C14H11O. The number of rotatable bonds is 3. The van der Waals surface area contributed by atoms with Gasteiger partial charge in [0.15, 0.2) is 5.78 Å². The Morgan fingerprint density at radius 2 is 1.87 bits per heavy atom. The van der Waals surface area contributed by atoms with Gasteiger partial charge in [0.05, 0.1) is 0 Å². The molecule has 0 saturated heterocycles. The van der Waals surface area contributed by atoms with E-state index in [9.17, 15) is 4.79 Å². The van der Waals surface area contributed by atoms with E-state index in [1.165, 1.54) is 0 Å². The summed E-state index contributed by atoms with van der Waals surface area (Å²) in [5.41, 5.74) is 1.78. The molecule has 1 aliphatic rings. The van der Waals surface area contributed by atoms with Crippen LogP contribution in [0.4, 0.5) is 0 Å². The van der Waals surface area contributed by atoms with E-state index < -0.39 is 0 Å². The van der Waals surface area contributed by atoms with Crippen molar-refractivity contribution in [2.24, 2.45) is 0 Å². The predicted octanol–water partition coefficient (Wildman–Crippen LogP) is 2.97. The molecule has 0 aromatic heterocycles. The van der Waals surface area contributed by atoms with Crippen molar-refractivity contribution in [1.82, 2.24) is 0 Å². The molecule has 73 valence electrons. The molecule has 15 heavy (non-hydrogen) atoms. The van der Waals surface area contributed by atoms with Gasteiger partial charge in [0.1, 0.15) is 0 Å². The van der Waals surface area contributed by atoms with E-state index in [0.29, 0.717) is 0 Å². The first-order valence-corrected chi connectivity index (χ1v) is 4.85. The Balaban J connectivity index is 2.03. The highest BCUT2D eigenvalue weighted by atomic mass is 16.1. The van der Waals surface area contributed by atoms with Crippen molar-refractivity contribution in [2.75, 3.05) is 0 Å². The molecule has 0 N–H and O–H groups in total. The maximum atomic E-state index is 11.6. The highest BCUT2D eigenvalue weighted by Gasteiger charge is 2.06. The fraction of sp³-hybridized carbons (Fsp3) is 0. The van der Waals surface area contributed by atoms with E-state index in [1.807, 2.05) is 61.1 Å². The first kappa shape index (κ1) is 9.66. The Hall–Kier alpha value is -1.89. The van der Waals surface area contributed by atoms with Gasteiger partial charge in [-0.15, -0.1) is 0 Å². The molecule has 1 aliphatic carbocycles. The van der Waals surface area contributed by atoms with Crippen molar-refractivity contribution in [3.63, 3.8) is 0 Å². The largest absolute Gasteiger partial charge is 0.290 e. The van der Waals surface area contributed by atoms with E-state index in [2.05, 4.69) is 0 Å². The molecule has 1 radical (unpaired) electrons. The molecule has 2 rings (SSSR count). The smallest absolute Gasteiger partial charge is 0.182 e. The van der Waals surface area contributed by atoms with Crippen LogP contribution in [0, 0.1) is 6.42 Å². The van der Waals surface area contributed by atoms with Crippen LogP contribution in [-0.2, 0) is 4.79 Å². The maximum absolute atomic E-state index is 11.6. The minimum atomic E-state index is 0.0452. The lowest BCUT2D eigenvalue weighted by Gasteiger charge is -1.94. The van der Waals surface area contributed by atoms with Crippen LogP contribution in [0.25, 0.3) is 6.08 Å². The van der Waals surface area contributed by atoms with Gasteiger partial charge in [-0.2, -0.15) is 0 Å². The van der Waals surface area contributed by atoms with E-state index in [0.717, 1.165) is 11.1 Å². The normalized spacial score (nSPS) is 14.5. The predicted molar refractivity (Wildman–Crippen MR) is 62.0 cm³/mol. The third kappa shape index (κ3) is 2.53. The number of ketones is 1. The van der Waals surface area contributed by atoms with Crippen LogP contribution < -0.4 is 0 Å². The lowest BCUT2D eigenvalue weighted by Crippen LogP contribution is -1.95. The summed E-state index contributed by atoms with van der Waals surface area (Å²) in [7, 11) is 0. The van der Waals surface area contributed by atoms with Gasteiger partial charge < -0.3 is 0 Å². The van der Waals surface area contributed by atoms with Gasteiger partial charge in [-0.25, -0.2) is 0 Å². The molecule has 0 atom stereocenters. The lowest BCUT2D eigenvalue weighted by atomic mass is 10.1. The highest BCUT2D eigenvalue weighted by molar-refractivity contribution is 6.08. The topological polar surface area (TPSA) is 17.1 Å². The zero-order valence-electron chi connectivity index (χ0n) is 8.26. The van der Waals surface area contributed by atoms with Gasteiger partial charge in [-0.05, 0) is 11.6 Å². The van der Waals surface area contributed by atoms with E-state index in [4.69, 9.17) is 0 Å². The molecular weight excluding hydrogens is 184 g/mol. The number of hydrogen-bond donors (Lipinski definition) is 0. The van der Waals surface area contributed by atoms with Gasteiger partial charge in [-0.3, -0.25) is 4.79 Å². The Kier molecular flexibility index (Phi) is 2.93. The van der Waals surface area contributed by atoms with E-state index >= 15 is 0 Å². The summed E-state index contributed by atoms with van der Waals surface area (Å²) in [4.78, 5) is 11.6. The number of carbonyl (C=O) groups is 1. The molecule has 0 aliphatic heterocycles. The van der Waals surface area contributed by atoms with Crippen LogP contribution in [0.15, 0.2) is 60.2 Å². The van der Waals surface area contributed by atoms with Crippen molar-refractivity contribution in [1.29, 1.82) is 0 Å². The molecule has 1 heteroatoms. The third-order valence-electron chi connectivity index (χ3n) is 2.17. The molecule has 1 nitrogen and oxygen atoms in total. The van der Waals surface area contributed by atoms with Crippen molar-refractivity contribution < 1.29 is 4.79 Å². The summed E-state index contributed by atoms with van der Waals surface area (Å²) in [5.74, 6) is 0.0452. The number of allylic oxidation sites excluding steroid dienone is 5. The molecule has 0 bridgehead atoms. The average Bonchev–Trinajstić information content (AvgIpc) is 2.81. The van der Waals surface area contributed by atoms with Crippen LogP contribution in [0.1, 0.15) is 5.56 Å². The van der Waals surface area contributed by atoms with Crippen LogP contribution in [0.5, 0.6) is 0 Å². The van der Waals surface area contributed by atoms with Crippen LogP contribution in [0.3, 0.4) is 0 Å². The minimum absolute atomic E-state index is 0.0452. The monoisotopic (exact) mass is 195 g/mol. The number of hydrogen-bond acceptors (Lipinski definition) is 1. The second-order valence-electron chi connectivity index (χ2n) is 3.28. The Labute approximate surface area is 89.4 Å². The second kappa shape index (κ2) is 4.56. The molecule has 0 unspecified atom stereocenters. The van der Waals surface area contributed by atoms with Gasteiger partial charge in [0.2, 0.25) is 0 Å². The van der Waals surface area contributed by atoms with Crippen LogP contribution in [0.2, 0.25) is 0 Å². The molecule has 0 amide bonds. The zero-order chi connectivity index (χ0) is 10.5. The zero-order valence-corrected chi connectivity index (χ0v) is 8.26. The fourth-order valence-corrected chi connectivity index (χ4v) is 1.37. The van der Waals surface area contributed by atoms with Crippen molar-refractivity contribution >= 4 is 11.9 Å². The summed E-state index contributed by atoms with van der Waals surface area (Å²) in [6.07, 6.45) is 10.8. The number of carbonyl (C=O) groups excluding carboxylic acids is 1. The van der Waals surface area contributed by atoms with Crippen molar-refractivity contribution in [3.8, 4) is 0 Å². The number of benzene rings is 1.